The summed E-state index contributed by atoms with van der Waals surface area (Å²) < 4.78 is 0. The quantitative estimate of drug-likeness (QED) is 0.141. The van der Waals surface area contributed by atoms with Gasteiger partial charge in [0, 0.05) is 53.2 Å². The summed E-state index contributed by atoms with van der Waals surface area (Å²) in [7, 11) is 0. The van der Waals surface area contributed by atoms with Gasteiger partial charge in [0.2, 0.25) is 0 Å². The summed E-state index contributed by atoms with van der Waals surface area (Å²) in [5.41, 5.74) is 20.9. The lowest BCUT2D eigenvalue weighted by Crippen LogP contribution is -2.57. The molecule has 8 heteroatoms. The molecule has 6 heterocycles. The van der Waals surface area contributed by atoms with Crippen LogP contribution in [0.1, 0.15) is 61.1 Å². The summed E-state index contributed by atoms with van der Waals surface area (Å²) in [6.07, 6.45) is 0. The van der Waals surface area contributed by atoms with Gasteiger partial charge in [0.05, 0.1) is 22.7 Å². The first kappa shape index (κ1) is 33.5. The molecule has 0 amide bonds. The molecule has 0 N–H and O–H groups in total. The van der Waals surface area contributed by atoms with E-state index in [0.29, 0.717) is 0 Å². The summed E-state index contributed by atoms with van der Waals surface area (Å²) in [6.45, 7) is 13.9. The topological polar surface area (TPSA) is 13.0 Å². The van der Waals surface area contributed by atoms with E-state index < -0.39 is 0 Å². The number of rotatable bonds is 0. The van der Waals surface area contributed by atoms with E-state index in [1.165, 1.54) is 109 Å². The highest BCUT2D eigenvalue weighted by Crippen LogP contribution is 2.61. The molecule has 0 atom stereocenters. The lowest BCUT2D eigenvalue weighted by atomic mass is 9.59. The van der Waals surface area contributed by atoms with Crippen LogP contribution in [-0.4, -0.2) is 14.0 Å². The highest BCUT2D eigenvalue weighted by molar-refractivity contribution is 8.00. The lowest BCUT2D eigenvalue weighted by Gasteiger charge is -2.42. The maximum atomic E-state index is 2.68. The maximum Gasteiger partial charge on any atom is 0.422 e. The van der Waals surface area contributed by atoms with E-state index in [9.17, 15) is 0 Å². The first-order valence-electron chi connectivity index (χ1n) is 20.5. The Labute approximate surface area is 350 Å². The number of aryl methyl sites for hydroxylation is 2. The number of fused-ring (bicyclic) bond motifs is 18. The van der Waals surface area contributed by atoms with Crippen LogP contribution in [0.5, 0.6) is 0 Å². The molecular formula is C50H40B2N4S2. The second-order valence-electron chi connectivity index (χ2n) is 17.9. The molecule has 4 nitrogen and oxygen atoms in total. The molecule has 6 aliphatic rings. The number of benzene rings is 7. The second-order valence-corrected chi connectivity index (χ2v) is 20.1. The smallest absolute Gasteiger partial charge is 0.359 e. The zero-order valence-electron chi connectivity index (χ0n) is 33.5. The standard InChI is InChI=1S/C50H40B2N4S2/c1-29-21-23-39-45(25-29)57-43-27-36-44(28-35(43)51-53(39)41-19-11-15-33-47(41)55(51)37-17-9-7-13-31(37)49(33,3)4)58-46-26-30(2)22-24-40(46)54-42-20-12-16-34-48(42)56(52(36)54)38-18-10-8-14-32(38)50(34,5)6/h7-28H,1-6H3. The molecule has 13 rings (SSSR count). The molecule has 0 bridgehead atoms. The summed E-state index contributed by atoms with van der Waals surface area (Å²) in [5.74, 6) is 0. The Balaban J connectivity index is 1.12. The molecule has 0 radical (unpaired) electrons. The van der Waals surface area contributed by atoms with Crippen LogP contribution in [0.3, 0.4) is 0 Å². The SMILES string of the molecule is Cc1ccc2c(c1)Sc1cc3c(cc1B1N2c2cccc4c2N1c1ccccc1C4(C)C)Sc1cc(C)ccc1N1B3N2c3ccccc3C(C)(C)c3cccc1c32. The molecule has 0 saturated carbocycles. The van der Waals surface area contributed by atoms with E-state index in [0.717, 1.165) is 0 Å². The molecule has 0 aliphatic carbocycles. The van der Waals surface area contributed by atoms with Gasteiger partial charge in [-0.05, 0) is 119 Å². The Morgan fingerprint density at radius 1 is 0.379 bits per heavy atom. The van der Waals surface area contributed by atoms with E-state index in [2.05, 4.69) is 194 Å². The van der Waals surface area contributed by atoms with E-state index in [4.69, 9.17) is 0 Å². The van der Waals surface area contributed by atoms with Crippen molar-refractivity contribution in [2.24, 2.45) is 0 Å². The molecular weight excluding hydrogens is 742 g/mol. The van der Waals surface area contributed by atoms with Gasteiger partial charge in [-0.2, -0.15) is 0 Å². The van der Waals surface area contributed by atoms with Crippen molar-refractivity contribution >= 4 is 93.9 Å². The normalized spacial score (nSPS) is 17.4. The third-order valence-electron chi connectivity index (χ3n) is 13.9. The number of para-hydroxylation sites is 4. The monoisotopic (exact) mass is 782 g/mol. The first-order chi connectivity index (χ1) is 28.1. The van der Waals surface area contributed by atoms with Gasteiger partial charge in [0.15, 0.2) is 0 Å². The van der Waals surface area contributed by atoms with Crippen LogP contribution in [0, 0.1) is 13.8 Å². The zero-order valence-corrected chi connectivity index (χ0v) is 35.1. The van der Waals surface area contributed by atoms with Gasteiger partial charge in [-0.3, -0.25) is 0 Å². The molecule has 0 unspecified atom stereocenters. The third kappa shape index (κ3) is 4.08. The van der Waals surface area contributed by atoms with Crippen molar-refractivity contribution in [2.75, 3.05) is 19.2 Å². The minimum Gasteiger partial charge on any atom is -0.359 e. The molecule has 0 aromatic heterocycles. The van der Waals surface area contributed by atoms with E-state index in [1.807, 2.05) is 23.5 Å². The van der Waals surface area contributed by atoms with Crippen LogP contribution in [0.2, 0.25) is 0 Å². The van der Waals surface area contributed by atoms with Gasteiger partial charge >= 0.3 is 14.0 Å². The molecule has 0 saturated heterocycles. The Kier molecular flexibility index (Phi) is 6.47. The van der Waals surface area contributed by atoms with Crippen LogP contribution in [0.25, 0.3) is 0 Å². The molecule has 0 spiro atoms. The molecule has 7 aromatic rings. The predicted molar refractivity (Wildman–Crippen MR) is 246 cm³/mol. The number of hydrogen-bond donors (Lipinski definition) is 0. The Morgan fingerprint density at radius 2 is 0.776 bits per heavy atom. The van der Waals surface area contributed by atoms with E-state index in [1.54, 1.807) is 0 Å². The third-order valence-corrected chi connectivity index (χ3v) is 16.2. The fourth-order valence-electron chi connectivity index (χ4n) is 11.2. The van der Waals surface area contributed by atoms with Crippen molar-refractivity contribution in [2.45, 2.75) is 72.0 Å². The molecule has 278 valence electrons. The van der Waals surface area contributed by atoms with Crippen LogP contribution < -0.4 is 30.2 Å². The van der Waals surface area contributed by atoms with Gasteiger partial charge in [-0.1, -0.05) is 124 Å². The molecule has 7 aromatic carbocycles. The van der Waals surface area contributed by atoms with Crippen molar-refractivity contribution in [1.82, 2.24) is 0 Å². The van der Waals surface area contributed by atoms with Gasteiger partial charge in [-0.15, -0.1) is 0 Å². The maximum absolute atomic E-state index is 2.68. The van der Waals surface area contributed by atoms with Crippen LogP contribution in [0.4, 0.5) is 45.5 Å². The predicted octanol–water partition coefficient (Wildman–Crippen LogP) is 11.9. The van der Waals surface area contributed by atoms with Crippen LogP contribution >= 0.6 is 23.5 Å². The van der Waals surface area contributed by atoms with Crippen molar-refractivity contribution in [3.05, 3.63) is 167 Å². The summed E-state index contributed by atoms with van der Waals surface area (Å²) >= 11 is 3.89. The van der Waals surface area contributed by atoms with Crippen molar-refractivity contribution in [1.29, 1.82) is 0 Å². The van der Waals surface area contributed by atoms with Crippen molar-refractivity contribution in [3.63, 3.8) is 0 Å². The molecule has 6 aliphatic heterocycles. The first-order valence-corrected chi connectivity index (χ1v) is 22.1. The van der Waals surface area contributed by atoms with Crippen LogP contribution in [0.15, 0.2) is 153 Å². The van der Waals surface area contributed by atoms with Crippen LogP contribution in [-0.2, 0) is 10.8 Å². The summed E-state index contributed by atoms with van der Waals surface area (Å²) in [4.78, 5) is 15.9. The highest BCUT2D eigenvalue weighted by Gasteiger charge is 2.55. The number of hydrogen-bond acceptors (Lipinski definition) is 6. The minimum atomic E-state index is -0.138. The average molecular weight is 783 g/mol. The summed E-state index contributed by atoms with van der Waals surface area (Å²) in [6, 6.07) is 51.6. The molecule has 58 heavy (non-hydrogen) atoms. The Morgan fingerprint density at radius 3 is 1.22 bits per heavy atom. The van der Waals surface area contributed by atoms with E-state index in [-0.39, 0.29) is 24.8 Å². The fourth-order valence-corrected chi connectivity index (χ4v) is 13.7. The number of nitrogens with zero attached hydrogens (tertiary/aromatic N) is 4. The van der Waals surface area contributed by atoms with Crippen molar-refractivity contribution < 1.29 is 0 Å². The fraction of sp³-hybridized carbons (Fsp3) is 0.160. The van der Waals surface area contributed by atoms with Gasteiger partial charge < -0.3 is 19.2 Å². The van der Waals surface area contributed by atoms with Gasteiger partial charge in [0.25, 0.3) is 0 Å². The average Bonchev–Trinajstić information content (AvgIpc) is 3.65. The van der Waals surface area contributed by atoms with Crippen molar-refractivity contribution in [3.8, 4) is 0 Å². The van der Waals surface area contributed by atoms with Gasteiger partial charge in [-0.25, -0.2) is 0 Å². The minimum absolute atomic E-state index is 0.0639. The number of anilines is 8. The highest BCUT2D eigenvalue weighted by atomic mass is 32.2. The second kappa shape index (κ2) is 11.2. The lowest BCUT2D eigenvalue weighted by molar-refractivity contribution is 0.634. The van der Waals surface area contributed by atoms with Gasteiger partial charge in [0.1, 0.15) is 0 Å². The Bertz CT molecular complexity index is 2810. The van der Waals surface area contributed by atoms with E-state index >= 15 is 0 Å². The zero-order chi connectivity index (χ0) is 39.0. The molecule has 0 fully saturated rings. The Hall–Kier alpha value is -5.43. The summed E-state index contributed by atoms with van der Waals surface area (Å²) in [5, 5.41) is 0. The largest absolute Gasteiger partial charge is 0.422 e.